The number of hydrogen-bond acceptors (Lipinski definition) is 5. The molecule has 2 heterocycles. The monoisotopic (exact) mass is 356 g/mol. The number of aliphatic hydroxyl groups excluding tert-OH is 1. The molecule has 1 aromatic carbocycles. The summed E-state index contributed by atoms with van der Waals surface area (Å²) in [5.41, 5.74) is 6.54. The molecule has 3 rings (SSSR count). The zero-order valence-electron chi connectivity index (χ0n) is 16.3. The van der Waals surface area contributed by atoms with Gasteiger partial charge in [-0.15, -0.1) is 0 Å². The second kappa shape index (κ2) is 7.17. The first-order chi connectivity index (χ1) is 12.3. The molecule has 2 aliphatic heterocycles. The van der Waals surface area contributed by atoms with Crippen molar-refractivity contribution in [2.75, 3.05) is 34.4 Å². The number of aliphatic hydroxyl groups is 1. The topological polar surface area (TPSA) is 45.2 Å². The van der Waals surface area contributed by atoms with Gasteiger partial charge in [-0.2, -0.15) is 0 Å². The number of likely N-dealkylation sites (tertiary alicyclic amines) is 1. The van der Waals surface area contributed by atoms with Crippen molar-refractivity contribution in [2.24, 2.45) is 0 Å². The standard InChI is InChI=1S/C21H28N2O3/c1-13-14(2)19(12-22(4)15(13)3)18-8-20(25-5)16(7-21(18)26-6)9-23-10-17(24)11-23/h7-8,12,17,24H,3,9-11H2,1-2,4-6H3. The number of rotatable bonds is 5. The molecule has 2 aliphatic rings. The molecule has 0 saturated carbocycles. The summed E-state index contributed by atoms with van der Waals surface area (Å²) in [7, 11) is 5.39. The zero-order valence-corrected chi connectivity index (χ0v) is 16.3. The third-order valence-electron chi connectivity index (χ3n) is 5.37. The van der Waals surface area contributed by atoms with Crippen LogP contribution in [0.3, 0.4) is 0 Å². The summed E-state index contributed by atoms with van der Waals surface area (Å²) in [6, 6.07) is 4.10. The minimum atomic E-state index is -0.214. The van der Waals surface area contributed by atoms with Crippen LogP contribution in [0.2, 0.25) is 0 Å². The van der Waals surface area contributed by atoms with Crippen LogP contribution in [0.5, 0.6) is 11.5 Å². The molecule has 1 aromatic rings. The molecule has 5 nitrogen and oxygen atoms in total. The van der Waals surface area contributed by atoms with E-state index >= 15 is 0 Å². The predicted molar refractivity (Wildman–Crippen MR) is 104 cm³/mol. The highest BCUT2D eigenvalue weighted by molar-refractivity contribution is 5.85. The molecular formula is C21H28N2O3. The first kappa shape index (κ1) is 18.5. The van der Waals surface area contributed by atoms with Crippen molar-refractivity contribution in [3.8, 4) is 11.5 Å². The molecular weight excluding hydrogens is 328 g/mol. The fraction of sp³-hybridized carbons (Fsp3) is 0.429. The van der Waals surface area contributed by atoms with Crippen molar-refractivity contribution in [2.45, 2.75) is 26.5 Å². The summed E-state index contributed by atoms with van der Waals surface area (Å²) in [4.78, 5) is 4.23. The lowest BCUT2D eigenvalue weighted by Gasteiger charge is -2.36. The van der Waals surface area contributed by atoms with Crippen LogP contribution < -0.4 is 9.47 Å². The molecule has 0 amide bonds. The highest BCUT2D eigenvalue weighted by Gasteiger charge is 2.27. The number of likely N-dealkylation sites (N-methyl/N-ethyl adjacent to an activating group) is 1. The second-order valence-electron chi connectivity index (χ2n) is 7.06. The first-order valence-corrected chi connectivity index (χ1v) is 8.83. The summed E-state index contributed by atoms with van der Waals surface area (Å²) in [6.07, 6.45) is 1.88. The Morgan fingerprint density at radius 2 is 1.77 bits per heavy atom. The Bertz CT molecular complexity index is 789. The molecule has 1 N–H and O–H groups in total. The lowest BCUT2D eigenvalue weighted by atomic mass is 9.90. The van der Waals surface area contributed by atoms with Gasteiger partial charge in [0.25, 0.3) is 0 Å². The quantitative estimate of drug-likeness (QED) is 0.879. The van der Waals surface area contributed by atoms with E-state index in [1.54, 1.807) is 14.2 Å². The molecule has 0 unspecified atom stereocenters. The van der Waals surface area contributed by atoms with Crippen LogP contribution in [-0.4, -0.2) is 55.4 Å². The van der Waals surface area contributed by atoms with Gasteiger partial charge in [0.05, 0.1) is 20.3 Å². The van der Waals surface area contributed by atoms with Crippen LogP contribution in [0.1, 0.15) is 25.0 Å². The highest BCUT2D eigenvalue weighted by atomic mass is 16.5. The van der Waals surface area contributed by atoms with Crippen LogP contribution in [0.25, 0.3) is 5.57 Å². The predicted octanol–water partition coefficient (Wildman–Crippen LogP) is 3.02. The fourth-order valence-corrected chi connectivity index (χ4v) is 3.53. The van der Waals surface area contributed by atoms with Crippen molar-refractivity contribution in [1.29, 1.82) is 0 Å². The van der Waals surface area contributed by atoms with Crippen LogP contribution >= 0.6 is 0 Å². The van der Waals surface area contributed by atoms with Gasteiger partial charge in [-0.3, -0.25) is 4.90 Å². The number of nitrogens with zero attached hydrogens (tertiary/aromatic N) is 2. The molecule has 0 bridgehead atoms. The Labute approximate surface area is 155 Å². The van der Waals surface area contributed by atoms with E-state index in [4.69, 9.17) is 9.47 Å². The van der Waals surface area contributed by atoms with Gasteiger partial charge in [0.2, 0.25) is 0 Å². The Kier molecular flexibility index (Phi) is 5.12. The van der Waals surface area contributed by atoms with E-state index < -0.39 is 0 Å². The van der Waals surface area contributed by atoms with Crippen molar-refractivity contribution < 1.29 is 14.6 Å². The molecule has 0 atom stereocenters. The van der Waals surface area contributed by atoms with Gasteiger partial charge >= 0.3 is 0 Å². The van der Waals surface area contributed by atoms with Gasteiger partial charge in [-0.25, -0.2) is 0 Å². The van der Waals surface area contributed by atoms with Crippen molar-refractivity contribution >= 4 is 5.57 Å². The number of β-amino-alcohol motifs (C(OH)–C–C–N with tert-alkyl or cyclic N) is 1. The van der Waals surface area contributed by atoms with E-state index in [0.717, 1.165) is 40.4 Å². The summed E-state index contributed by atoms with van der Waals surface area (Å²) >= 11 is 0. The summed E-state index contributed by atoms with van der Waals surface area (Å²) < 4.78 is 11.4. The van der Waals surface area contributed by atoms with Crippen LogP contribution in [0, 0.1) is 0 Å². The smallest absolute Gasteiger partial charge is 0.127 e. The van der Waals surface area contributed by atoms with Crippen LogP contribution in [0.4, 0.5) is 0 Å². The number of ether oxygens (including phenoxy) is 2. The molecule has 5 heteroatoms. The first-order valence-electron chi connectivity index (χ1n) is 8.83. The Hall–Kier alpha value is -2.24. The second-order valence-corrected chi connectivity index (χ2v) is 7.06. The largest absolute Gasteiger partial charge is 0.496 e. The molecule has 1 fully saturated rings. The van der Waals surface area contributed by atoms with Crippen molar-refractivity contribution in [1.82, 2.24) is 9.80 Å². The van der Waals surface area contributed by atoms with E-state index in [-0.39, 0.29) is 6.10 Å². The highest BCUT2D eigenvalue weighted by Crippen LogP contribution is 2.41. The molecule has 1 saturated heterocycles. The van der Waals surface area contributed by atoms with Gasteiger partial charge < -0.3 is 19.5 Å². The minimum Gasteiger partial charge on any atom is -0.496 e. The SMILES string of the molecule is C=C1C(C)=C(C)C(c2cc(OC)c(CN3CC(O)C3)cc2OC)=CN1C. The lowest BCUT2D eigenvalue weighted by molar-refractivity contribution is -0.00324. The van der Waals surface area contributed by atoms with Gasteiger partial charge in [0.1, 0.15) is 11.5 Å². The third kappa shape index (κ3) is 3.24. The molecule has 0 spiro atoms. The number of allylic oxidation sites excluding steroid dienone is 3. The maximum Gasteiger partial charge on any atom is 0.127 e. The summed E-state index contributed by atoms with van der Waals surface area (Å²) in [5, 5.41) is 9.52. The lowest BCUT2D eigenvalue weighted by Crippen LogP contribution is -2.49. The average molecular weight is 356 g/mol. The Balaban J connectivity index is 2.02. The average Bonchev–Trinajstić information content (AvgIpc) is 2.61. The van der Waals surface area contributed by atoms with E-state index in [2.05, 4.69) is 37.6 Å². The summed E-state index contributed by atoms with van der Waals surface area (Å²) in [6.45, 7) is 10.5. The maximum absolute atomic E-state index is 9.52. The van der Waals surface area contributed by atoms with Gasteiger partial charge in [0, 0.05) is 55.3 Å². The molecule has 0 aromatic heterocycles. The Morgan fingerprint density at radius 1 is 1.12 bits per heavy atom. The van der Waals surface area contributed by atoms with Crippen LogP contribution in [-0.2, 0) is 6.54 Å². The van der Waals surface area contributed by atoms with Crippen LogP contribution in [0.15, 0.2) is 41.8 Å². The number of benzene rings is 1. The van der Waals surface area contributed by atoms with Gasteiger partial charge in [0.15, 0.2) is 0 Å². The number of hydrogen-bond donors (Lipinski definition) is 1. The van der Waals surface area contributed by atoms with E-state index in [0.29, 0.717) is 13.1 Å². The molecule has 0 radical (unpaired) electrons. The molecule has 140 valence electrons. The van der Waals surface area contributed by atoms with Gasteiger partial charge in [-0.05, 0) is 37.1 Å². The molecule has 26 heavy (non-hydrogen) atoms. The fourth-order valence-electron chi connectivity index (χ4n) is 3.53. The Morgan fingerprint density at radius 3 is 2.35 bits per heavy atom. The van der Waals surface area contributed by atoms with Crippen molar-refractivity contribution in [3.05, 3.63) is 52.9 Å². The normalized spacial score (nSPS) is 18.8. The van der Waals surface area contributed by atoms with Crippen molar-refractivity contribution in [3.63, 3.8) is 0 Å². The summed E-state index contributed by atoms with van der Waals surface area (Å²) in [5.74, 6) is 1.65. The maximum atomic E-state index is 9.52. The van der Waals surface area contributed by atoms with E-state index in [9.17, 15) is 5.11 Å². The zero-order chi connectivity index (χ0) is 19.0. The third-order valence-corrected chi connectivity index (χ3v) is 5.37. The molecule has 0 aliphatic carbocycles. The number of methoxy groups -OCH3 is 2. The van der Waals surface area contributed by atoms with E-state index in [1.165, 1.54) is 11.1 Å². The van der Waals surface area contributed by atoms with Gasteiger partial charge in [-0.1, -0.05) is 6.58 Å². The van der Waals surface area contributed by atoms with E-state index in [1.807, 2.05) is 18.0 Å². The minimum absolute atomic E-state index is 0.214.